The number of aliphatic hydroxyl groups is 1. The van der Waals surface area contributed by atoms with Crippen molar-refractivity contribution in [2.75, 3.05) is 38.0 Å². The number of aliphatic hydroxyl groups excluding tert-OH is 1. The molecule has 2 aliphatic rings. The molecule has 25 heavy (non-hydrogen) atoms. The first-order chi connectivity index (χ1) is 12.0. The molecule has 0 saturated carbocycles. The summed E-state index contributed by atoms with van der Waals surface area (Å²) in [4.78, 5) is 16.8. The summed E-state index contributed by atoms with van der Waals surface area (Å²) in [6.07, 6.45) is 3.88. The maximum Gasteiger partial charge on any atom is 0.238 e. The third-order valence-electron chi connectivity index (χ3n) is 5.33. The fourth-order valence-electron chi connectivity index (χ4n) is 3.92. The van der Waals surface area contributed by atoms with Gasteiger partial charge in [0.25, 0.3) is 0 Å². The highest BCUT2D eigenvalue weighted by Gasteiger charge is 2.28. The van der Waals surface area contributed by atoms with Crippen molar-refractivity contribution in [2.45, 2.75) is 44.8 Å². The fraction of sp³-hybridized carbons (Fsp3) is 0.632. The van der Waals surface area contributed by atoms with E-state index in [4.69, 9.17) is 0 Å². The number of anilines is 1. The molecule has 3 rings (SSSR count). The molecule has 0 radical (unpaired) electrons. The number of hydrogen-bond donors (Lipinski definition) is 2. The van der Waals surface area contributed by atoms with E-state index in [9.17, 15) is 14.3 Å². The third-order valence-corrected chi connectivity index (χ3v) is 5.33. The Morgan fingerprint density at radius 2 is 2.04 bits per heavy atom. The van der Waals surface area contributed by atoms with Gasteiger partial charge in [0.15, 0.2) is 0 Å². The zero-order chi connectivity index (χ0) is 17.8. The minimum atomic E-state index is -0.291. The van der Waals surface area contributed by atoms with E-state index in [1.165, 1.54) is 12.1 Å². The molecule has 0 spiro atoms. The van der Waals surface area contributed by atoms with Crippen LogP contribution in [0.3, 0.4) is 0 Å². The van der Waals surface area contributed by atoms with Crippen LogP contribution in [-0.4, -0.2) is 65.7 Å². The lowest BCUT2D eigenvalue weighted by Crippen LogP contribution is -2.50. The van der Waals surface area contributed by atoms with Gasteiger partial charge in [-0.2, -0.15) is 0 Å². The first-order valence-corrected chi connectivity index (χ1v) is 9.22. The predicted octanol–water partition coefficient (Wildman–Crippen LogP) is 1.99. The van der Waals surface area contributed by atoms with Crippen molar-refractivity contribution < 1.29 is 14.3 Å². The van der Waals surface area contributed by atoms with Gasteiger partial charge in [-0.3, -0.25) is 14.6 Å². The zero-order valence-corrected chi connectivity index (χ0v) is 14.9. The molecule has 1 aromatic rings. The Hall–Kier alpha value is -1.50. The number of benzene rings is 1. The normalized spacial score (nSPS) is 23.6. The second kappa shape index (κ2) is 8.25. The molecule has 0 aliphatic carbocycles. The van der Waals surface area contributed by atoms with Crippen molar-refractivity contribution >= 4 is 11.6 Å². The molecule has 1 amide bonds. The summed E-state index contributed by atoms with van der Waals surface area (Å²) in [6.45, 7) is 5.81. The Kier molecular flexibility index (Phi) is 6.04. The smallest absolute Gasteiger partial charge is 0.238 e. The summed E-state index contributed by atoms with van der Waals surface area (Å²) >= 11 is 0. The van der Waals surface area contributed by atoms with Crippen molar-refractivity contribution in [1.29, 1.82) is 0 Å². The van der Waals surface area contributed by atoms with Gasteiger partial charge >= 0.3 is 0 Å². The number of nitrogens with zero attached hydrogens (tertiary/aromatic N) is 2. The molecule has 6 heteroatoms. The highest BCUT2D eigenvalue weighted by molar-refractivity contribution is 5.92. The summed E-state index contributed by atoms with van der Waals surface area (Å²) in [7, 11) is 0. The standard InChI is InChI=1S/C19H28FN3O2/c1-14-11-15(20)4-5-18(14)21-19(25)13-22-9-6-16(7-10-22)23-8-2-3-17(24)12-23/h4-5,11,16-17,24H,2-3,6-10,12-13H2,1H3,(H,21,25). The molecule has 2 N–H and O–H groups in total. The van der Waals surface area contributed by atoms with Crippen molar-refractivity contribution in [1.82, 2.24) is 9.80 Å². The number of carbonyl (C=O) groups is 1. The summed E-state index contributed by atoms with van der Waals surface area (Å²) in [6, 6.07) is 4.92. The van der Waals surface area contributed by atoms with Crippen LogP contribution in [0.25, 0.3) is 0 Å². The Morgan fingerprint density at radius 3 is 2.72 bits per heavy atom. The molecular formula is C19H28FN3O2. The second-order valence-corrected chi connectivity index (χ2v) is 7.31. The topological polar surface area (TPSA) is 55.8 Å². The summed E-state index contributed by atoms with van der Waals surface area (Å²) in [5, 5.41) is 12.7. The molecular weight excluding hydrogens is 321 g/mol. The zero-order valence-electron chi connectivity index (χ0n) is 14.9. The molecule has 2 saturated heterocycles. The Balaban J connectivity index is 1.44. The molecule has 1 atom stereocenters. The molecule has 138 valence electrons. The number of rotatable bonds is 4. The Labute approximate surface area is 148 Å². The molecule has 2 fully saturated rings. The predicted molar refractivity (Wildman–Crippen MR) is 96.0 cm³/mol. The van der Waals surface area contributed by atoms with Gasteiger partial charge in [0, 0.05) is 31.4 Å². The lowest BCUT2D eigenvalue weighted by molar-refractivity contribution is -0.117. The third kappa shape index (κ3) is 5.00. The van der Waals surface area contributed by atoms with Gasteiger partial charge in [-0.05, 0) is 62.9 Å². The molecule has 5 nitrogen and oxygen atoms in total. The number of nitrogens with one attached hydrogen (secondary N) is 1. The van der Waals surface area contributed by atoms with Crippen LogP contribution in [0, 0.1) is 12.7 Å². The maximum absolute atomic E-state index is 13.1. The number of likely N-dealkylation sites (tertiary alicyclic amines) is 2. The highest BCUT2D eigenvalue weighted by Crippen LogP contribution is 2.21. The SMILES string of the molecule is Cc1cc(F)ccc1NC(=O)CN1CCC(N2CCCC(O)C2)CC1. The first-order valence-electron chi connectivity index (χ1n) is 9.22. The van der Waals surface area contributed by atoms with Crippen LogP contribution in [0.4, 0.5) is 10.1 Å². The van der Waals surface area contributed by atoms with Crippen LogP contribution >= 0.6 is 0 Å². The van der Waals surface area contributed by atoms with Gasteiger partial charge in [-0.25, -0.2) is 4.39 Å². The van der Waals surface area contributed by atoms with Gasteiger partial charge in [-0.15, -0.1) is 0 Å². The molecule has 1 unspecified atom stereocenters. The number of halogens is 1. The fourth-order valence-corrected chi connectivity index (χ4v) is 3.92. The average molecular weight is 349 g/mol. The van der Waals surface area contributed by atoms with E-state index in [2.05, 4.69) is 15.1 Å². The largest absolute Gasteiger partial charge is 0.392 e. The van der Waals surface area contributed by atoms with E-state index >= 15 is 0 Å². The summed E-state index contributed by atoms with van der Waals surface area (Å²) < 4.78 is 13.1. The van der Waals surface area contributed by atoms with Crippen LogP contribution in [-0.2, 0) is 4.79 Å². The van der Waals surface area contributed by atoms with E-state index in [0.29, 0.717) is 18.3 Å². The minimum absolute atomic E-state index is 0.0541. The number of β-amino-alcohol motifs (C(OH)–C–C–N with tert-alkyl or cyclic N) is 1. The van der Waals surface area contributed by atoms with Crippen molar-refractivity contribution in [3.63, 3.8) is 0 Å². The van der Waals surface area contributed by atoms with E-state index in [0.717, 1.165) is 57.4 Å². The Bertz CT molecular complexity index is 602. The van der Waals surface area contributed by atoms with Crippen LogP contribution in [0.2, 0.25) is 0 Å². The lowest BCUT2D eigenvalue weighted by atomic mass is 9.99. The van der Waals surface area contributed by atoms with Crippen LogP contribution in [0.5, 0.6) is 0 Å². The second-order valence-electron chi connectivity index (χ2n) is 7.31. The Morgan fingerprint density at radius 1 is 1.28 bits per heavy atom. The van der Waals surface area contributed by atoms with Gasteiger partial charge in [0.2, 0.25) is 5.91 Å². The molecule has 2 heterocycles. The van der Waals surface area contributed by atoms with Crippen molar-refractivity contribution in [2.24, 2.45) is 0 Å². The molecule has 0 aromatic heterocycles. The first kappa shape index (κ1) is 18.3. The van der Waals surface area contributed by atoms with Crippen LogP contribution in [0.1, 0.15) is 31.2 Å². The van der Waals surface area contributed by atoms with E-state index in [1.807, 2.05) is 0 Å². The molecule has 1 aromatic carbocycles. The van der Waals surface area contributed by atoms with E-state index in [-0.39, 0.29) is 17.8 Å². The number of aryl methyl sites for hydroxylation is 1. The van der Waals surface area contributed by atoms with Gasteiger partial charge < -0.3 is 10.4 Å². The number of hydrogen-bond acceptors (Lipinski definition) is 4. The van der Waals surface area contributed by atoms with Crippen LogP contribution < -0.4 is 5.32 Å². The minimum Gasteiger partial charge on any atom is -0.392 e. The van der Waals surface area contributed by atoms with E-state index < -0.39 is 0 Å². The average Bonchev–Trinajstić information content (AvgIpc) is 2.58. The number of carbonyl (C=O) groups excluding carboxylic acids is 1. The van der Waals surface area contributed by atoms with Crippen LogP contribution in [0.15, 0.2) is 18.2 Å². The molecule has 2 aliphatic heterocycles. The van der Waals surface area contributed by atoms with Gasteiger partial charge in [0.1, 0.15) is 5.82 Å². The van der Waals surface area contributed by atoms with Gasteiger partial charge in [0.05, 0.1) is 12.6 Å². The quantitative estimate of drug-likeness (QED) is 0.873. The summed E-state index contributed by atoms with van der Waals surface area (Å²) in [5.74, 6) is -0.345. The van der Waals surface area contributed by atoms with E-state index in [1.54, 1.807) is 13.0 Å². The summed E-state index contributed by atoms with van der Waals surface area (Å²) in [5.41, 5.74) is 1.40. The molecule has 0 bridgehead atoms. The van der Waals surface area contributed by atoms with Gasteiger partial charge in [-0.1, -0.05) is 0 Å². The van der Waals surface area contributed by atoms with Crippen molar-refractivity contribution in [3.8, 4) is 0 Å². The van der Waals surface area contributed by atoms with Crippen molar-refractivity contribution in [3.05, 3.63) is 29.6 Å². The maximum atomic E-state index is 13.1. The number of amides is 1. The monoisotopic (exact) mass is 349 g/mol. The number of piperidine rings is 2. The highest BCUT2D eigenvalue weighted by atomic mass is 19.1. The lowest BCUT2D eigenvalue weighted by Gasteiger charge is -2.41.